The zero-order chi connectivity index (χ0) is 23.2. The smallest absolute Gasteiger partial charge is 0.250 e. The van der Waals surface area contributed by atoms with Gasteiger partial charge in [0.05, 0.1) is 11.5 Å². The lowest BCUT2D eigenvalue weighted by atomic mass is 10.1. The molecule has 6 nitrogen and oxygen atoms in total. The fourth-order valence-electron chi connectivity index (χ4n) is 3.02. The number of hydrazone groups is 1. The van der Waals surface area contributed by atoms with Crippen molar-refractivity contribution in [2.75, 3.05) is 5.75 Å². The lowest BCUT2D eigenvalue weighted by molar-refractivity contribution is -0.118. The highest BCUT2D eigenvalue weighted by Crippen LogP contribution is 2.28. The molecule has 9 heteroatoms. The first kappa shape index (κ1) is 23.4. The van der Waals surface area contributed by atoms with Gasteiger partial charge in [0.25, 0.3) is 5.91 Å². The quantitative estimate of drug-likeness (QED) is 0.162. The van der Waals surface area contributed by atoms with Gasteiger partial charge >= 0.3 is 0 Å². The highest BCUT2D eigenvalue weighted by atomic mass is 79.9. The number of carbonyl (C=O) groups excluding carboxylic acids is 1. The summed E-state index contributed by atoms with van der Waals surface area (Å²) >= 11 is 8.20. The molecule has 4 aromatic rings. The van der Waals surface area contributed by atoms with E-state index < -0.39 is 0 Å². The molecule has 1 heterocycles. The van der Waals surface area contributed by atoms with E-state index in [-0.39, 0.29) is 11.7 Å². The molecule has 0 spiro atoms. The van der Waals surface area contributed by atoms with Crippen LogP contribution in [0.5, 0.6) is 0 Å². The number of rotatable bonds is 7. The van der Waals surface area contributed by atoms with Crippen molar-refractivity contribution >= 4 is 55.2 Å². The van der Waals surface area contributed by atoms with Crippen molar-refractivity contribution in [3.8, 4) is 17.1 Å². The molecule has 0 atom stereocenters. The molecule has 3 aromatic carbocycles. The number of halogens is 2. The van der Waals surface area contributed by atoms with Crippen LogP contribution in [0.2, 0.25) is 0 Å². The van der Waals surface area contributed by atoms with Gasteiger partial charge < -0.3 is 0 Å². The minimum Gasteiger partial charge on any atom is -0.272 e. The second-order valence-electron chi connectivity index (χ2n) is 7.01. The second-order valence-corrected chi connectivity index (χ2v) is 9.79. The van der Waals surface area contributed by atoms with Crippen molar-refractivity contribution in [1.29, 1.82) is 0 Å². The minimum absolute atomic E-state index is 0.153. The van der Waals surface area contributed by atoms with Crippen LogP contribution in [0.4, 0.5) is 0 Å². The van der Waals surface area contributed by atoms with Gasteiger partial charge in [-0.3, -0.25) is 9.36 Å². The predicted molar refractivity (Wildman–Crippen MR) is 140 cm³/mol. The molecule has 33 heavy (non-hydrogen) atoms. The van der Waals surface area contributed by atoms with Crippen molar-refractivity contribution < 1.29 is 4.79 Å². The third kappa shape index (κ3) is 5.98. The van der Waals surface area contributed by atoms with Crippen LogP contribution in [-0.4, -0.2) is 32.1 Å². The number of nitrogens with zero attached hydrogens (tertiary/aromatic N) is 4. The van der Waals surface area contributed by atoms with Gasteiger partial charge in [-0.25, -0.2) is 5.43 Å². The lowest BCUT2D eigenvalue weighted by Gasteiger charge is -2.10. The fraction of sp³-hybridized carbons (Fsp3) is 0.0833. The lowest BCUT2D eigenvalue weighted by Crippen LogP contribution is -2.21. The van der Waals surface area contributed by atoms with Crippen molar-refractivity contribution in [1.82, 2.24) is 20.2 Å². The molecule has 0 saturated carbocycles. The Balaban J connectivity index is 1.51. The topological polar surface area (TPSA) is 72.2 Å². The van der Waals surface area contributed by atoms with E-state index in [1.54, 1.807) is 0 Å². The largest absolute Gasteiger partial charge is 0.272 e. The number of aromatic nitrogens is 3. The van der Waals surface area contributed by atoms with Gasteiger partial charge in [0.1, 0.15) is 0 Å². The first-order valence-electron chi connectivity index (χ1n) is 10.00. The van der Waals surface area contributed by atoms with E-state index in [0.717, 1.165) is 31.5 Å². The van der Waals surface area contributed by atoms with Crippen molar-refractivity contribution in [3.63, 3.8) is 0 Å². The Hall–Kier alpha value is -2.75. The fourth-order valence-corrected chi connectivity index (χ4v) is 4.30. The maximum Gasteiger partial charge on any atom is 0.250 e. The normalized spacial score (nSPS) is 11.4. The summed E-state index contributed by atoms with van der Waals surface area (Å²) in [6, 6.07) is 25.5. The number of hydrogen-bond acceptors (Lipinski definition) is 5. The predicted octanol–water partition coefficient (Wildman–Crippen LogP) is 6.09. The monoisotopic (exact) mass is 583 g/mol. The molecule has 0 aliphatic carbocycles. The van der Waals surface area contributed by atoms with E-state index in [2.05, 4.69) is 52.6 Å². The van der Waals surface area contributed by atoms with Crippen molar-refractivity contribution in [3.05, 3.63) is 93.4 Å². The van der Waals surface area contributed by atoms with Gasteiger partial charge in [0.15, 0.2) is 11.0 Å². The standard InChI is InChI=1S/C24H19Br2N5OS/c1-16(17-7-9-19(25)10-8-17)27-28-22(32)15-33-24-30-29-23(18-5-3-2-4-6-18)31(24)21-13-11-20(26)12-14-21/h2-14H,15H2,1H3,(H,28,32)/b27-16+. The number of amides is 1. The van der Waals surface area contributed by atoms with E-state index in [4.69, 9.17) is 0 Å². The van der Waals surface area contributed by atoms with Crippen LogP contribution in [-0.2, 0) is 4.79 Å². The average molecular weight is 585 g/mol. The van der Waals surface area contributed by atoms with Gasteiger partial charge in [-0.2, -0.15) is 5.10 Å². The second kappa shape index (κ2) is 10.9. The number of benzene rings is 3. The first-order valence-corrected chi connectivity index (χ1v) is 12.6. The Kier molecular flexibility index (Phi) is 7.74. The molecule has 0 fully saturated rings. The Morgan fingerprint density at radius 1 is 0.939 bits per heavy atom. The molecule has 0 saturated heterocycles. The van der Waals surface area contributed by atoms with E-state index in [1.165, 1.54) is 11.8 Å². The van der Waals surface area contributed by atoms with Crippen LogP contribution in [0.15, 0.2) is 98.1 Å². The van der Waals surface area contributed by atoms with E-state index in [0.29, 0.717) is 11.0 Å². The summed E-state index contributed by atoms with van der Waals surface area (Å²) in [7, 11) is 0. The van der Waals surface area contributed by atoms with Crippen molar-refractivity contribution in [2.45, 2.75) is 12.1 Å². The third-order valence-electron chi connectivity index (χ3n) is 4.69. The zero-order valence-electron chi connectivity index (χ0n) is 17.6. The number of hydrogen-bond donors (Lipinski definition) is 1. The SMILES string of the molecule is C/C(=N\NC(=O)CSc1nnc(-c2ccccc2)n1-c1ccc(Br)cc1)c1ccc(Br)cc1. The molecular weight excluding hydrogens is 566 g/mol. The number of thioether (sulfide) groups is 1. The van der Waals surface area contributed by atoms with Gasteiger partial charge in [0.2, 0.25) is 0 Å². The minimum atomic E-state index is -0.219. The molecule has 4 rings (SSSR count). The summed E-state index contributed by atoms with van der Waals surface area (Å²) in [6.45, 7) is 1.85. The van der Waals surface area contributed by atoms with Gasteiger partial charge in [-0.1, -0.05) is 86.1 Å². The summed E-state index contributed by atoms with van der Waals surface area (Å²) in [5, 5.41) is 13.6. The molecule has 0 bridgehead atoms. The summed E-state index contributed by atoms with van der Waals surface area (Å²) in [5.74, 6) is 0.647. The van der Waals surface area contributed by atoms with Crippen LogP contribution < -0.4 is 5.43 Å². The summed E-state index contributed by atoms with van der Waals surface area (Å²) in [4.78, 5) is 12.5. The maximum absolute atomic E-state index is 12.5. The number of nitrogens with one attached hydrogen (secondary N) is 1. The molecule has 1 aromatic heterocycles. The molecular formula is C24H19Br2N5OS. The molecule has 0 aliphatic rings. The Labute approximate surface area is 212 Å². The van der Waals surface area contributed by atoms with Crippen LogP contribution in [0.1, 0.15) is 12.5 Å². The van der Waals surface area contributed by atoms with Crippen LogP contribution in [0.3, 0.4) is 0 Å². The van der Waals surface area contributed by atoms with E-state index in [1.807, 2.05) is 90.4 Å². The van der Waals surface area contributed by atoms with Crippen LogP contribution in [0, 0.1) is 0 Å². The third-order valence-corrected chi connectivity index (χ3v) is 6.68. The summed E-state index contributed by atoms with van der Waals surface area (Å²) in [6.07, 6.45) is 0. The Bertz CT molecular complexity index is 1270. The van der Waals surface area contributed by atoms with Crippen LogP contribution in [0.25, 0.3) is 17.1 Å². The maximum atomic E-state index is 12.5. The molecule has 0 aliphatic heterocycles. The number of carbonyl (C=O) groups is 1. The van der Waals surface area contributed by atoms with E-state index in [9.17, 15) is 4.79 Å². The highest BCUT2D eigenvalue weighted by molar-refractivity contribution is 9.10. The Morgan fingerprint density at radius 3 is 2.24 bits per heavy atom. The summed E-state index contributed by atoms with van der Waals surface area (Å²) in [5.41, 5.74) is 6.14. The molecule has 0 radical (unpaired) electrons. The Morgan fingerprint density at radius 2 is 1.58 bits per heavy atom. The highest BCUT2D eigenvalue weighted by Gasteiger charge is 2.17. The molecule has 166 valence electrons. The van der Waals surface area contributed by atoms with Crippen molar-refractivity contribution in [2.24, 2.45) is 5.10 Å². The van der Waals surface area contributed by atoms with E-state index >= 15 is 0 Å². The zero-order valence-corrected chi connectivity index (χ0v) is 21.6. The first-order chi connectivity index (χ1) is 16.0. The van der Waals surface area contributed by atoms with Gasteiger partial charge in [-0.15, -0.1) is 10.2 Å². The summed E-state index contributed by atoms with van der Waals surface area (Å²) < 4.78 is 3.92. The molecule has 1 N–H and O–H groups in total. The molecule has 1 amide bonds. The van der Waals surface area contributed by atoms with Gasteiger partial charge in [-0.05, 0) is 48.9 Å². The van der Waals surface area contributed by atoms with Crippen LogP contribution >= 0.6 is 43.6 Å². The van der Waals surface area contributed by atoms with Gasteiger partial charge in [0, 0.05) is 20.2 Å². The molecule has 0 unspecified atom stereocenters. The average Bonchev–Trinajstić information content (AvgIpc) is 3.26.